The second-order valence-corrected chi connectivity index (χ2v) is 4.62. The highest BCUT2D eigenvalue weighted by atomic mass is 19.1. The van der Waals surface area contributed by atoms with Crippen LogP contribution in [0.1, 0.15) is 24.1 Å². The van der Waals surface area contributed by atoms with Crippen molar-refractivity contribution in [2.75, 3.05) is 6.54 Å². The molecule has 2 rings (SSSR count). The van der Waals surface area contributed by atoms with Gasteiger partial charge in [0.25, 0.3) is 0 Å². The summed E-state index contributed by atoms with van der Waals surface area (Å²) < 4.78 is 42.3. The van der Waals surface area contributed by atoms with E-state index in [1.54, 1.807) is 24.1 Å². The van der Waals surface area contributed by atoms with Crippen molar-refractivity contribution in [2.24, 2.45) is 7.05 Å². The SMILES string of the molecule is CCNC(Cc1cnn(C)c1)c1c(F)cc(F)cc1F. The Kier molecular flexibility index (Phi) is 4.44. The molecule has 0 saturated heterocycles. The lowest BCUT2D eigenvalue weighted by atomic mass is 9.99. The molecule has 1 aromatic heterocycles. The molecule has 0 spiro atoms. The van der Waals surface area contributed by atoms with Crippen LogP contribution in [0.5, 0.6) is 0 Å². The lowest BCUT2D eigenvalue weighted by molar-refractivity contribution is 0.462. The van der Waals surface area contributed by atoms with Gasteiger partial charge in [-0.1, -0.05) is 6.92 Å². The van der Waals surface area contributed by atoms with Crippen LogP contribution in [-0.2, 0) is 13.5 Å². The molecule has 0 aliphatic heterocycles. The first kappa shape index (κ1) is 14.6. The normalized spacial score (nSPS) is 12.7. The Morgan fingerprint density at radius 3 is 2.40 bits per heavy atom. The Balaban J connectivity index is 2.33. The van der Waals surface area contributed by atoms with E-state index < -0.39 is 23.5 Å². The summed E-state index contributed by atoms with van der Waals surface area (Å²) in [4.78, 5) is 0. The van der Waals surface area contributed by atoms with Crippen molar-refractivity contribution in [3.8, 4) is 0 Å². The molecule has 3 nitrogen and oxygen atoms in total. The molecule has 1 heterocycles. The predicted octanol–water partition coefficient (Wildman–Crippen LogP) is 2.73. The number of nitrogens with one attached hydrogen (secondary N) is 1. The molecular weight excluding hydrogens is 267 g/mol. The predicted molar refractivity (Wildman–Crippen MR) is 69.6 cm³/mol. The number of halogens is 3. The van der Waals surface area contributed by atoms with Crippen molar-refractivity contribution in [3.05, 3.63) is 53.1 Å². The number of aromatic nitrogens is 2. The van der Waals surface area contributed by atoms with Gasteiger partial charge in [0.15, 0.2) is 0 Å². The monoisotopic (exact) mass is 283 g/mol. The van der Waals surface area contributed by atoms with Gasteiger partial charge in [0.05, 0.1) is 6.20 Å². The first-order chi connectivity index (χ1) is 9.51. The summed E-state index contributed by atoms with van der Waals surface area (Å²) in [6.07, 6.45) is 3.80. The average molecular weight is 283 g/mol. The van der Waals surface area contributed by atoms with Crippen LogP contribution in [0.15, 0.2) is 24.5 Å². The second-order valence-electron chi connectivity index (χ2n) is 4.62. The molecule has 0 fully saturated rings. The highest BCUT2D eigenvalue weighted by Crippen LogP contribution is 2.25. The van der Waals surface area contributed by atoms with Crippen molar-refractivity contribution >= 4 is 0 Å². The summed E-state index contributed by atoms with van der Waals surface area (Å²) >= 11 is 0. The molecule has 6 heteroatoms. The van der Waals surface area contributed by atoms with E-state index in [2.05, 4.69) is 10.4 Å². The zero-order valence-corrected chi connectivity index (χ0v) is 11.3. The van der Waals surface area contributed by atoms with Crippen LogP contribution in [0.4, 0.5) is 13.2 Å². The van der Waals surface area contributed by atoms with Crippen LogP contribution in [0.2, 0.25) is 0 Å². The van der Waals surface area contributed by atoms with Crippen LogP contribution in [-0.4, -0.2) is 16.3 Å². The summed E-state index contributed by atoms with van der Waals surface area (Å²) in [6, 6.07) is 0.836. The summed E-state index contributed by atoms with van der Waals surface area (Å²) in [7, 11) is 1.77. The maximum atomic E-state index is 13.9. The number of rotatable bonds is 5. The first-order valence-electron chi connectivity index (χ1n) is 6.36. The topological polar surface area (TPSA) is 29.9 Å². The maximum Gasteiger partial charge on any atom is 0.133 e. The van der Waals surface area contributed by atoms with Gasteiger partial charge in [0, 0.05) is 37.0 Å². The van der Waals surface area contributed by atoms with Gasteiger partial charge in [-0.2, -0.15) is 5.10 Å². The van der Waals surface area contributed by atoms with E-state index in [-0.39, 0.29) is 5.56 Å². The Morgan fingerprint density at radius 1 is 1.25 bits per heavy atom. The molecule has 1 atom stereocenters. The van der Waals surface area contributed by atoms with Crippen LogP contribution in [0.3, 0.4) is 0 Å². The number of nitrogens with zero attached hydrogens (tertiary/aromatic N) is 2. The standard InChI is InChI=1S/C14H16F3N3/c1-3-18-13(4-9-7-19-20(2)8-9)14-11(16)5-10(15)6-12(14)17/h5-8,13,18H,3-4H2,1-2H3. The lowest BCUT2D eigenvalue weighted by Crippen LogP contribution is -2.25. The van der Waals surface area contributed by atoms with E-state index in [1.807, 2.05) is 6.92 Å². The smallest absolute Gasteiger partial charge is 0.133 e. The quantitative estimate of drug-likeness (QED) is 0.914. The lowest BCUT2D eigenvalue weighted by Gasteiger charge is -2.19. The molecular formula is C14H16F3N3. The molecule has 1 N–H and O–H groups in total. The molecule has 0 bridgehead atoms. The third kappa shape index (κ3) is 3.19. The van der Waals surface area contributed by atoms with E-state index in [4.69, 9.17) is 0 Å². The zero-order chi connectivity index (χ0) is 14.7. The second kappa shape index (κ2) is 6.09. The van der Waals surface area contributed by atoms with E-state index in [1.165, 1.54) is 0 Å². The first-order valence-corrected chi connectivity index (χ1v) is 6.36. The van der Waals surface area contributed by atoms with Gasteiger partial charge in [-0.05, 0) is 18.5 Å². The van der Waals surface area contributed by atoms with E-state index >= 15 is 0 Å². The fourth-order valence-electron chi connectivity index (χ4n) is 2.22. The molecule has 0 radical (unpaired) electrons. The van der Waals surface area contributed by atoms with E-state index in [0.717, 1.165) is 5.56 Å². The van der Waals surface area contributed by atoms with Gasteiger partial charge in [0.1, 0.15) is 17.5 Å². The number of aryl methyl sites for hydroxylation is 1. The van der Waals surface area contributed by atoms with Crippen LogP contribution >= 0.6 is 0 Å². The summed E-state index contributed by atoms with van der Waals surface area (Å²) in [6.45, 7) is 2.39. The van der Waals surface area contributed by atoms with Gasteiger partial charge >= 0.3 is 0 Å². The van der Waals surface area contributed by atoms with Crippen LogP contribution in [0.25, 0.3) is 0 Å². The van der Waals surface area contributed by atoms with Crippen molar-refractivity contribution < 1.29 is 13.2 Å². The molecule has 108 valence electrons. The maximum absolute atomic E-state index is 13.9. The fourth-order valence-corrected chi connectivity index (χ4v) is 2.22. The minimum absolute atomic E-state index is 0.142. The summed E-state index contributed by atoms with van der Waals surface area (Å²) in [5, 5.41) is 7.04. The molecule has 1 unspecified atom stereocenters. The van der Waals surface area contributed by atoms with Crippen LogP contribution in [0, 0.1) is 17.5 Å². The molecule has 2 aromatic rings. The number of benzene rings is 1. The van der Waals surface area contributed by atoms with Crippen molar-refractivity contribution in [3.63, 3.8) is 0 Å². The Bertz CT molecular complexity index is 572. The number of likely N-dealkylation sites (N-methyl/N-ethyl adjacent to an activating group) is 1. The highest BCUT2D eigenvalue weighted by molar-refractivity contribution is 5.26. The Labute approximate surface area is 115 Å². The van der Waals surface area contributed by atoms with Crippen molar-refractivity contribution in [1.82, 2.24) is 15.1 Å². The Hall–Kier alpha value is -1.82. The van der Waals surface area contributed by atoms with Gasteiger partial charge in [-0.25, -0.2) is 13.2 Å². The van der Waals surface area contributed by atoms with Crippen molar-refractivity contribution in [1.29, 1.82) is 0 Å². The number of hydrogen-bond acceptors (Lipinski definition) is 2. The van der Waals surface area contributed by atoms with Crippen LogP contribution < -0.4 is 5.32 Å². The summed E-state index contributed by atoms with van der Waals surface area (Å²) in [5.74, 6) is -2.67. The van der Waals surface area contributed by atoms with Gasteiger partial charge < -0.3 is 5.32 Å². The van der Waals surface area contributed by atoms with E-state index in [0.29, 0.717) is 25.1 Å². The third-order valence-electron chi connectivity index (χ3n) is 3.04. The molecule has 0 aliphatic carbocycles. The van der Waals surface area contributed by atoms with Crippen molar-refractivity contribution in [2.45, 2.75) is 19.4 Å². The third-order valence-corrected chi connectivity index (χ3v) is 3.04. The molecule has 1 aromatic carbocycles. The fraction of sp³-hybridized carbons (Fsp3) is 0.357. The minimum Gasteiger partial charge on any atom is -0.310 e. The molecule has 20 heavy (non-hydrogen) atoms. The van der Waals surface area contributed by atoms with Gasteiger partial charge in [-0.3, -0.25) is 4.68 Å². The molecule has 0 saturated carbocycles. The molecule has 0 aliphatic rings. The largest absolute Gasteiger partial charge is 0.310 e. The zero-order valence-electron chi connectivity index (χ0n) is 11.3. The average Bonchev–Trinajstić information content (AvgIpc) is 2.73. The van der Waals surface area contributed by atoms with E-state index in [9.17, 15) is 13.2 Å². The highest BCUT2D eigenvalue weighted by Gasteiger charge is 2.21. The Morgan fingerprint density at radius 2 is 1.90 bits per heavy atom. The van der Waals surface area contributed by atoms with Gasteiger partial charge in [-0.15, -0.1) is 0 Å². The van der Waals surface area contributed by atoms with Gasteiger partial charge in [0.2, 0.25) is 0 Å². The minimum atomic E-state index is -0.916. The summed E-state index contributed by atoms with van der Waals surface area (Å²) in [5.41, 5.74) is 0.707. The molecule has 0 amide bonds. The number of hydrogen-bond donors (Lipinski definition) is 1.